The molecule has 0 bridgehead atoms. The summed E-state index contributed by atoms with van der Waals surface area (Å²) >= 11 is 0. The van der Waals surface area contributed by atoms with Crippen molar-refractivity contribution in [2.24, 2.45) is 0 Å². The first kappa shape index (κ1) is 12.8. The van der Waals surface area contributed by atoms with Crippen LogP contribution in [0.5, 0.6) is 5.75 Å². The van der Waals surface area contributed by atoms with Gasteiger partial charge in [0.05, 0.1) is 18.3 Å². The van der Waals surface area contributed by atoms with Gasteiger partial charge in [-0.1, -0.05) is 19.9 Å². The minimum atomic E-state index is 0.399. The number of benzene rings is 1. The second-order valence-electron chi connectivity index (χ2n) is 5.81. The maximum Gasteiger partial charge on any atom is 0.142 e. The largest absolute Gasteiger partial charge is 0.490 e. The van der Waals surface area contributed by atoms with Gasteiger partial charge in [0.1, 0.15) is 12.4 Å². The van der Waals surface area contributed by atoms with Gasteiger partial charge < -0.3 is 14.4 Å². The highest BCUT2D eigenvalue weighted by Crippen LogP contribution is 2.35. The molecule has 0 spiro atoms. The third kappa shape index (κ3) is 2.71. The van der Waals surface area contributed by atoms with E-state index in [4.69, 9.17) is 9.47 Å². The Balaban J connectivity index is 1.79. The van der Waals surface area contributed by atoms with Gasteiger partial charge in [-0.3, -0.25) is 0 Å². The van der Waals surface area contributed by atoms with Crippen LogP contribution in [0.4, 0.5) is 5.69 Å². The fourth-order valence-corrected chi connectivity index (χ4v) is 2.88. The lowest BCUT2D eigenvalue weighted by Crippen LogP contribution is -2.38. The first-order valence-corrected chi connectivity index (χ1v) is 7.37. The highest BCUT2D eigenvalue weighted by molar-refractivity contribution is 5.61. The molecule has 1 atom stereocenters. The highest BCUT2D eigenvalue weighted by Gasteiger charge is 2.24. The summed E-state index contributed by atoms with van der Waals surface area (Å²) in [6, 6.07) is 6.63. The number of nitrogens with zero attached hydrogens (tertiary/aromatic N) is 1. The van der Waals surface area contributed by atoms with Crippen molar-refractivity contribution in [3.8, 4) is 5.75 Å². The lowest BCUT2D eigenvalue weighted by atomic mass is 10.0. The van der Waals surface area contributed by atoms with Crippen LogP contribution in [0.25, 0.3) is 0 Å². The van der Waals surface area contributed by atoms with Gasteiger partial charge in [0.2, 0.25) is 0 Å². The zero-order valence-corrected chi connectivity index (χ0v) is 11.9. The average molecular weight is 261 g/mol. The van der Waals surface area contributed by atoms with Crippen molar-refractivity contribution in [3.63, 3.8) is 0 Å². The van der Waals surface area contributed by atoms with E-state index in [0.29, 0.717) is 12.0 Å². The number of fused-ring (bicyclic) bond motifs is 1. The molecule has 2 aliphatic rings. The summed E-state index contributed by atoms with van der Waals surface area (Å²) in [5.41, 5.74) is 2.57. The van der Waals surface area contributed by atoms with Crippen molar-refractivity contribution in [1.82, 2.24) is 0 Å². The van der Waals surface area contributed by atoms with Crippen molar-refractivity contribution >= 4 is 5.69 Å². The number of ether oxygens (including phenoxy) is 2. The van der Waals surface area contributed by atoms with Crippen LogP contribution < -0.4 is 9.64 Å². The van der Waals surface area contributed by atoms with Gasteiger partial charge in [0.25, 0.3) is 0 Å². The van der Waals surface area contributed by atoms with Gasteiger partial charge >= 0.3 is 0 Å². The van der Waals surface area contributed by atoms with Crippen LogP contribution in [0.2, 0.25) is 0 Å². The molecule has 1 unspecified atom stereocenters. The van der Waals surface area contributed by atoms with E-state index in [9.17, 15) is 0 Å². The number of hydrogen-bond acceptors (Lipinski definition) is 3. The van der Waals surface area contributed by atoms with Crippen molar-refractivity contribution in [2.45, 2.75) is 38.7 Å². The van der Waals surface area contributed by atoms with E-state index >= 15 is 0 Å². The van der Waals surface area contributed by atoms with Gasteiger partial charge in [-0.15, -0.1) is 0 Å². The molecular weight excluding hydrogens is 238 g/mol. The van der Waals surface area contributed by atoms with Crippen LogP contribution >= 0.6 is 0 Å². The third-order valence-corrected chi connectivity index (χ3v) is 4.06. The molecule has 0 radical (unpaired) electrons. The van der Waals surface area contributed by atoms with E-state index in [1.54, 1.807) is 0 Å². The average Bonchev–Trinajstić information content (AvgIpc) is 2.91. The number of anilines is 1. The van der Waals surface area contributed by atoms with Crippen LogP contribution in [0, 0.1) is 0 Å². The molecule has 2 heterocycles. The molecule has 0 aliphatic carbocycles. The summed E-state index contributed by atoms with van der Waals surface area (Å²) in [5.74, 6) is 1.58. The predicted molar refractivity (Wildman–Crippen MR) is 77.2 cm³/mol. The Morgan fingerprint density at radius 1 is 1.32 bits per heavy atom. The summed E-state index contributed by atoms with van der Waals surface area (Å²) in [6.45, 7) is 8.10. The fourth-order valence-electron chi connectivity index (χ4n) is 2.88. The molecule has 0 saturated carbocycles. The molecule has 2 aliphatic heterocycles. The number of rotatable bonds is 3. The molecule has 0 aromatic heterocycles. The summed E-state index contributed by atoms with van der Waals surface area (Å²) < 4.78 is 11.6. The highest BCUT2D eigenvalue weighted by atomic mass is 16.5. The Morgan fingerprint density at radius 3 is 2.95 bits per heavy atom. The maximum atomic E-state index is 5.83. The van der Waals surface area contributed by atoms with Gasteiger partial charge in [-0.05, 0) is 36.5 Å². The Bertz CT molecular complexity index is 438. The molecule has 19 heavy (non-hydrogen) atoms. The summed E-state index contributed by atoms with van der Waals surface area (Å²) in [7, 11) is 0. The monoisotopic (exact) mass is 261 g/mol. The molecule has 3 rings (SSSR count). The molecule has 0 N–H and O–H groups in total. The van der Waals surface area contributed by atoms with Crippen LogP contribution in [-0.4, -0.2) is 32.4 Å². The fraction of sp³-hybridized carbons (Fsp3) is 0.625. The molecule has 1 saturated heterocycles. The summed E-state index contributed by atoms with van der Waals surface area (Å²) in [4.78, 5) is 2.42. The molecule has 1 aromatic rings. The normalized spacial score (nSPS) is 22.5. The first-order valence-electron chi connectivity index (χ1n) is 7.37. The second-order valence-corrected chi connectivity index (χ2v) is 5.81. The Hall–Kier alpha value is -1.22. The SMILES string of the molecule is CC(C)c1ccc2c(c1)OCCN2CC1CCCO1. The van der Waals surface area contributed by atoms with Gasteiger partial charge in [0.15, 0.2) is 0 Å². The lowest BCUT2D eigenvalue weighted by Gasteiger charge is -2.33. The van der Waals surface area contributed by atoms with Crippen molar-refractivity contribution in [1.29, 1.82) is 0 Å². The minimum Gasteiger partial charge on any atom is -0.490 e. The van der Waals surface area contributed by atoms with Gasteiger partial charge in [-0.25, -0.2) is 0 Å². The molecule has 1 fully saturated rings. The third-order valence-electron chi connectivity index (χ3n) is 4.06. The summed E-state index contributed by atoms with van der Waals surface area (Å²) in [5, 5.41) is 0. The van der Waals surface area contributed by atoms with Crippen LogP contribution in [0.15, 0.2) is 18.2 Å². The van der Waals surface area contributed by atoms with E-state index in [-0.39, 0.29) is 0 Å². The van der Waals surface area contributed by atoms with E-state index in [1.165, 1.54) is 24.1 Å². The van der Waals surface area contributed by atoms with E-state index in [0.717, 1.165) is 32.1 Å². The Morgan fingerprint density at radius 2 is 2.21 bits per heavy atom. The van der Waals surface area contributed by atoms with Crippen LogP contribution in [0.1, 0.15) is 38.2 Å². The zero-order chi connectivity index (χ0) is 13.2. The maximum absolute atomic E-state index is 5.83. The Labute approximate surface area is 115 Å². The standard InChI is InChI=1S/C16H23NO2/c1-12(2)13-5-6-15-16(10-13)19-9-7-17(15)11-14-4-3-8-18-14/h5-6,10,12,14H,3-4,7-9,11H2,1-2H3. The van der Waals surface area contributed by atoms with Crippen molar-refractivity contribution < 1.29 is 9.47 Å². The van der Waals surface area contributed by atoms with E-state index in [2.05, 4.69) is 36.9 Å². The Kier molecular flexibility index (Phi) is 3.65. The molecule has 3 nitrogen and oxygen atoms in total. The lowest BCUT2D eigenvalue weighted by molar-refractivity contribution is 0.114. The van der Waals surface area contributed by atoms with Crippen LogP contribution in [0.3, 0.4) is 0 Å². The zero-order valence-electron chi connectivity index (χ0n) is 11.9. The summed E-state index contributed by atoms with van der Waals surface area (Å²) in [6.07, 6.45) is 2.79. The topological polar surface area (TPSA) is 21.7 Å². The molecule has 104 valence electrons. The van der Waals surface area contributed by atoms with E-state index in [1.807, 2.05) is 0 Å². The van der Waals surface area contributed by atoms with Crippen molar-refractivity contribution in [2.75, 3.05) is 31.2 Å². The van der Waals surface area contributed by atoms with Crippen molar-refractivity contribution in [3.05, 3.63) is 23.8 Å². The predicted octanol–water partition coefficient (Wildman–Crippen LogP) is 3.19. The van der Waals surface area contributed by atoms with Crippen LogP contribution in [-0.2, 0) is 4.74 Å². The minimum absolute atomic E-state index is 0.399. The smallest absolute Gasteiger partial charge is 0.142 e. The second kappa shape index (κ2) is 5.41. The molecule has 1 aromatic carbocycles. The molecule has 3 heteroatoms. The van der Waals surface area contributed by atoms with Gasteiger partial charge in [0, 0.05) is 13.2 Å². The molecule has 0 amide bonds. The molecular formula is C16H23NO2. The van der Waals surface area contributed by atoms with E-state index < -0.39 is 0 Å². The first-order chi connectivity index (χ1) is 9.24. The number of hydrogen-bond donors (Lipinski definition) is 0. The quantitative estimate of drug-likeness (QED) is 0.834. The van der Waals surface area contributed by atoms with Gasteiger partial charge in [-0.2, -0.15) is 0 Å².